The molecule has 7 nitrogen and oxygen atoms in total. The summed E-state index contributed by atoms with van der Waals surface area (Å²) in [5.74, 6) is -0.770. The first kappa shape index (κ1) is 17.4. The average molecular weight is 317 g/mol. The van der Waals surface area contributed by atoms with Gasteiger partial charge in [0.05, 0.1) is 25.0 Å². The summed E-state index contributed by atoms with van der Waals surface area (Å²) in [7, 11) is -2.51. The molecule has 0 fully saturated rings. The van der Waals surface area contributed by atoms with Gasteiger partial charge in [0.15, 0.2) is 0 Å². The van der Waals surface area contributed by atoms with E-state index < -0.39 is 28.5 Å². The van der Waals surface area contributed by atoms with Gasteiger partial charge in [0.25, 0.3) is 0 Å². The van der Waals surface area contributed by atoms with E-state index in [1.54, 1.807) is 6.92 Å². The summed E-state index contributed by atoms with van der Waals surface area (Å²) < 4.78 is 31.9. The predicted octanol–water partition coefficient (Wildman–Crippen LogP) is 0.371. The molecule has 1 aromatic carbocycles. The van der Waals surface area contributed by atoms with Crippen molar-refractivity contribution in [3.05, 3.63) is 23.8 Å². The number of aliphatic hydroxyl groups excluding tert-OH is 1. The molecule has 0 aromatic heterocycles. The summed E-state index contributed by atoms with van der Waals surface area (Å²) in [5, 5.41) is 18.0. The highest BCUT2D eigenvalue weighted by atomic mass is 32.2. The summed E-state index contributed by atoms with van der Waals surface area (Å²) in [6, 6.07) is 3.50. The Morgan fingerprint density at radius 3 is 2.57 bits per heavy atom. The van der Waals surface area contributed by atoms with Gasteiger partial charge in [0.1, 0.15) is 5.75 Å². The number of benzene rings is 1. The van der Waals surface area contributed by atoms with Crippen molar-refractivity contribution in [1.29, 1.82) is 0 Å². The van der Waals surface area contributed by atoms with Crippen LogP contribution in [0.5, 0.6) is 5.75 Å². The zero-order valence-electron chi connectivity index (χ0n) is 11.9. The standard InChI is InChI=1S/C13H19NO6S/c1-3-10(8-15)14-21(18,19)12-5-4-11(20-2)6-9(12)7-13(16)17/h4-6,10,14-15H,3,7-8H2,1-2H3,(H,16,17)/t10-/m1/s1. The summed E-state index contributed by atoms with van der Waals surface area (Å²) in [4.78, 5) is 10.8. The number of sulfonamides is 1. The van der Waals surface area contributed by atoms with Crippen LogP contribution in [0.3, 0.4) is 0 Å². The molecule has 0 saturated heterocycles. The van der Waals surface area contributed by atoms with E-state index >= 15 is 0 Å². The zero-order valence-corrected chi connectivity index (χ0v) is 12.7. The fraction of sp³-hybridized carbons (Fsp3) is 0.462. The molecule has 0 aliphatic carbocycles. The number of aliphatic carboxylic acids is 1. The third kappa shape index (κ3) is 4.69. The van der Waals surface area contributed by atoms with Gasteiger partial charge in [-0.3, -0.25) is 4.79 Å². The van der Waals surface area contributed by atoms with Gasteiger partial charge >= 0.3 is 5.97 Å². The molecule has 0 aliphatic rings. The predicted molar refractivity (Wildman–Crippen MR) is 75.8 cm³/mol. The summed E-state index contributed by atoms with van der Waals surface area (Å²) >= 11 is 0. The molecule has 8 heteroatoms. The third-order valence-corrected chi connectivity index (χ3v) is 4.55. The van der Waals surface area contributed by atoms with E-state index in [0.717, 1.165) is 0 Å². The number of rotatable bonds is 8. The van der Waals surface area contributed by atoms with Gasteiger partial charge < -0.3 is 14.9 Å². The molecule has 21 heavy (non-hydrogen) atoms. The maximum absolute atomic E-state index is 12.3. The first-order valence-electron chi connectivity index (χ1n) is 6.36. The van der Waals surface area contributed by atoms with E-state index in [1.165, 1.54) is 25.3 Å². The second kappa shape index (κ2) is 7.39. The second-order valence-corrected chi connectivity index (χ2v) is 6.14. The molecule has 118 valence electrons. The number of carbonyl (C=O) groups is 1. The van der Waals surface area contributed by atoms with Crippen molar-refractivity contribution >= 4 is 16.0 Å². The summed E-state index contributed by atoms with van der Waals surface area (Å²) in [6.07, 6.45) is -0.0243. The van der Waals surface area contributed by atoms with E-state index in [2.05, 4.69) is 4.72 Å². The third-order valence-electron chi connectivity index (χ3n) is 2.93. The lowest BCUT2D eigenvalue weighted by Gasteiger charge is -2.16. The average Bonchev–Trinajstić information content (AvgIpc) is 2.43. The van der Waals surface area contributed by atoms with Gasteiger partial charge in [-0.25, -0.2) is 13.1 Å². The highest BCUT2D eigenvalue weighted by molar-refractivity contribution is 7.89. The van der Waals surface area contributed by atoms with Gasteiger partial charge in [-0.15, -0.1) is 0 Å². The molecule has 1 rings (SSSR count). The molecule has 3 N–H and O–H groups in total. The van der Waals surface area contributed by atoms with Crippen LogP contribution >= 0.6 is 0 Å². The Labute approximate surface area is 123 Å². The first-order chi connectivity index (χ1) is 9.83. The van der Waals surface area contributed by atoms with Gasteiger partial charge in [-0.2, -0.15) is 0 Å². The Hall–Kier alpha value is -1.64. The molecular weight excluding hydrogens is 298 g/mol. The van der Waals surface area contributed by atoms with Crippen molar-refractivity contribution in [3.8, 4) is 5.75 Å². The van der Waals surface area contributed by atoms with Crippen LogP contribution < -0.4 is 9.46 Å². The molecule has 0 spiro atoms. The molecular formula is C13H19NO6S. The number of hydrogen-bond acceptors (Lipinski definition) is 5. The Balaban J connectivity index is 3.23. The molecule has 1 atom stereocenters. The number of nitrogens with one attached hydrogen (secondary N) is 1. The zero-order chi connectivity index (χ0) is 16.0. The van der Waals surface area contributed by atoms with Crippen molar-refractivity contribution in [1.82, 2.24) is 4.72 Å². The minimum Gasteiger partial charge on any atom is -0.497 e. The maximum atomic E-state index is 12.3. The van der Waals surface area contributed by atoms with Crippen LogP contribution in [0.1, 0.15) is 18.9 Å². The minimum atomic E-state index is -3.91. The molecule has 0 amide bonds. The Morgan fingerprint density at radius 2 is 2.10 bits per heavy atom. The number of carboxylic acids is 1. The fourth-order valence-corrected chi connectivity index (χ4v) is 3.31. The van der Waals surface area contributed by atoms with Crippen LogP contribution in [-0.2, 0) is 21.2 Å². The van der Waals surface area contributed by atoms with Crippen LogP contribution in [0.25, 0.3) is 0 Å². The van der Waals surface area contributed by atoms with E-state index in [1.807, 2.05) is 0 Å². The van der Waals surface area contributed by atoms with Crippen LogP contribution in [-0.4, -0.2) is 44.4 Å². The highest BCUT2D eigenvalue weighted by Crippen LogP contribution is 2.22. The summed E-state index contributed by atoms with van der Waals surface area (Å²) in [5.41, 5.74) is 0.127. The van der Waals surface area contributed by atoms with E-state index in [9.17, 15) is 13.2 Å². The normalized spacial score (nSPS) is 12.9. The number of ether oxygens (including phenoxy) is 1. The van der Waals surface area contributed by atoms with Crippen LogP contribution in [0.4, 0.5) is 0 Å². The van der Waals surface area contributed by atoms with E-state index in [4.69, 9.17) is 14.9 Å². The van der Waals surface area contributed by atoms with Crippen LogP contribution in [0, 0.1) is 0 Å². The number of carboxylic acid groups (broad SMARTS) is 1. The molecule has 0 bridgehead atoms. The van der Waals surface area contributed by atoms with Crippen molar-refractivity contribution in [3.63, 3.8) is 0 Å². The monoisotopic (exact) mass is 317 g/mol. The molecule has 0 aliphatic heterocycles. The molecule has 1 aromatic rings. The number of hydrogen-bond donors (Lipinski definition) is 3. The topological polar surface area (TPSA) is 113 Å². The minimum absolute atomic E-state index is 0.127. The second-order valence-electron chi connectivity index (χ2n) is 4.45. The smallest absolute Gasteiger partial charge is 0.307 e. The van der Waals surface area contributed by atoms with E-state index in [-0.39, 0.29) is 17.1 Å². The lowest BCUT2D eigenvalue weighted by atomic mass is 10.1. The van der Waals surface area contributed by atoms with Crippen molar-refractivity contribution < 1.29 is 28.2 Å². The quantitative estimate of drug-likeness (QED) is 0.638. The van der Waals surface area contributed by atoms with Crippen molar-refractivity contribution in [2.24, 2.45) is 0 Å². The largest absolute Gasteiger partial charge is 0.497 e. The summed E-state index contributed by atoms with van der Waals surface area (Å²) in [6.45, 7) is 1.40. The highest BCUT2D eigenvalue weighted by Gasteiger charge is 2.23. The van der Waals surface area contributed by atoms with Gasteiger partial charge in [-0.05, 0) is 30.2 Å². The maximum Gasteiger partial charge on any atom is 0.307 e. The number of aliphatic hydroxyl groups is 1. The van der Waals surface area contributed by atoms with Crippen molar-refractivity contribution in [2.75, 3.05) is 13.7 Å². The Morgan fingerprint density at radius 1 is 1.43 bits per heavy atom. The first-order valence-corrected chi connectivity index (χ1v) is 7.84. The lowest BCUT2D eigenvalue weighted by Crippen LogP contribution is -2.37. The number of methoxy groups -OCH3 is 1. The lowest BCUT2D eigenvalue weighted by molar-refractivity contribution is -0.136. The SMILES string of the molecule is CC[C@H](CO)NS(=O)(=O)c1ccc(OC)cc1CC(=O)O. The molecule has 0 unspecified atom stereocenters. The van der Waals surface area contributed by atoms with Gasteiger partial charge in [0, 0.05) is 6.04 Å². The van der Waals surface area contributed by atoms with E-state index in [0.29, 0.717) is 12.2 Å². The fourth-order valence-electron chi connectivity index (χ4n) is 1.78. The molecule has 0 saturated carbocycles. The van der Waals surface area contributed by atoms with Crippen LogP contribution in [0.15, 0.2) is 23.1 Å². The van der Waals surface area contributed by atoms with Crippen molar-refractivity contribution in [2.45, 2.75) is 30.7 Å². The Kier molecular flexibility index (Phi) is 6.13. The van der Waals surface area contributed by atoms with Crippen LogP contribution in [0.2, 0.25) is 0 Å². The molecule has 0 heterocycles. The Bertz CT molecular complexity index is 595. The molecule has 0 radical (unpaired) electrons. The van der Waals surface area contributed by atoms with Gasteiger partial charge in [-0.1, -0.05) is 6.92 Å². The van der Waals surface area contributed by atoms with Gasteiger partial charge in [0.2, 0.25) is 10.0 Å².